The third-order valence-corrected chi connectivity index (χ3v) is 4.30. The number of methoxy groups -OCH3 is 1. The molecule has 9 nitrogen and oxygen atoms in total. The van der Waals surface area contributed by atoms with E-state index in [-0.39, 0.29) is 12.0 Å². The molecule has 0 aromatic rings. The van der Waals surface area contributed by atoms with Crippen molar-refractivity contribution in [2.75, 3.05) is 13.7 Å². The molecule has 0 spiro atoms. The Morgan fingerprint density at radius 2 is 1.96 bits per heavy atom. The summed E-state index contributed by atoms with van der Waals surface area (Å²) in [6.07, 6.45) is -4.75. The average molecular weight is 349 g/mol. The van der Waals surface area contributed by atoms with Crippen LogP contribution in [0.3, 0.4) is 0 Å². The topological polar surface area (TPSA) is 127 Å². The van der Waals surface area contributed by atoms with E-state index >= 15 is 0 Å². The van der Waals surface area contributed by atoms with E-state index in [0.29, 0.717) is 12.8 Å². The molecule has 4 N–H and O–H groups in total. The second kappa shape index (κ2) is 8.52. The van der Waals surface area contributed by atoms with Gasteiger partial charge in [-0.25, -0.2) is 0 Å². The van der Waals surface area contributed by atoms with Crippen LogP contribution < -0.4 is 5.32 Å². The van der Waals surface area contributed by atoms with E-state index in [9.17, 15) is 20.1 Å². The molecule has 2 aliphatic heterocycles. The molecular formula is C15H27NO8. The van der Waals surface area contributed by atoms with Crippen molar-refractivity contribution in [3.63, 3.8) is 0 Å². The second-order valence-corrected chi connectivity index (χ2v) is 6.24. The normalized spacial score (nSPS) is 43.4. The standard InChI is InChI=1S/C15H27NO8/c1-7-4-5-9(19)14(22-7)24-13-11(16-8(2)18)15(21-3)23-10(6-17)12(13)20/h7,9-15,17,19-20H,4-6H2,1-3H3,(H,16,18)/t7-,9+,10-,11-,12+,13-,14+,15-/m1/s1. The molecule has 8 atom stereocenters. The van der Waals surface area contributed by atoms with E-state index in [2.05, 4.69) is 5.32 Å². The number of nitrogens with one attached hydrogen (secondary N) is 1. The molecule has 2 rings (SSSR count). The predicted octanol–water partition coefficient (Wildman–Crippen LogP) is -1.51. The fourth-order valence-corrected chi connectivity index (χ4v) is 3.03. The Hall–Kier alpha value is -0.810. The van der Waals surface area contributed by atoms with E-state index in [1.165, 1.54) is 14.0 Å². The number of hydrogen-bond donors (Lipinski definition) is 4. The fraction of sp³-hybridized carbons (Fsp3) is 0.933. The second-order valence-electron chi connectivity index (χ2n) is 6.24. The Labute approximate surface area is 140 Å². The van der Waals surface area contributed by atoms with Gasteiger partial charge in [-0.05, 0) is 19.8 Å². The molecule has 0 aliphatic carbocycles. The Kier molecular flexibility index (Phi) is 6.93. The summed E-state index contributed by atoms with van der Waals surface area (Å²) in [6.45, 7) is 2.74. The third-order valence-electron chi connectivity index (χ3n) is 4.30. The number of aliphatic hydroxyl groups excluding tert-OH is 3. The van der Waals surface area contributed by atoms with Crippen LogP contribution in [0, 0.1) is 0 Å². The van der Waals surface area contributed by atoms with Gasteiger partial charge in [0.05, 0.1) is 12.7 Å². The van der Waals surface area contributed by atoms with Crippen LogP contribution in [0.1, 0.15) is 26.7 Å². The Bertz CT molecular complexity index is 422. The summed E-state index contributed by atoms with van der Waals surface area (Å²) in [5.41, 5.74) is 0. The summed E-state index contributed by atoms with van der Waals surface area (Å²) in [4.78, 5) is 11.5. The van der Waals surface area contributed by atoms with Crippen molar-refractivity contribution in [1.29, 1.82) is 0 Å². The lowest BCUT2D eigenvalue weighted by molar-refractivity contribution is -0.317. The summed E-state index contributed by atoms with van der Waals surface area (Å²) < 4.78 is 22.1. The summed E-state index contributed by atoms with van der Waals surface area (Å²) in [6, 6.07) is -0.821. The maximum absolute atomic E-state index is 11.5. The molecule has 0 unspecified atom stereocenters. The maximum Gasteiger partial charge on any atom is 0.217 e. The fourth-order valence-electron chi connectivity index (χ4n) is 3.03. The molecule has 140 valence electrons. The molecule has 0 aromatic heterocycles. The van der Waals surface area contributed by atoms with E-state index in [0.717, 1.165) is 0 Å². The van der Waals surface area contributed by atoms with Crippen molar-refractivity contribution in [3.05, 3.63) is 0 Å². The van der Waals surface area contributed by atoms with Crippen molar-refractivity contribution in [1.82, 2.24) is 5.32 Å². The highest BCUT2D eigenvalue weighted by atomic mass is 16.7. The summed E-state index contributed by atoms with van der Waals surface area (Å²) >= 11 is 0. The van der Waals surface area contributed by atoms with Gasteiger partial charge >= 0.3 is 0 Å². The quantitative estimate of drug-likeness (QED) is 0.472. The van der Waals surface area contributed by atoms with Crippen LogP contribution >= 0.6 is 0 Å². The van der Waals surface area contributed by atoms with Gasteiger partial charge in [-0.1, -0.05) is 0 Å². The zero-order valence-electron chi connectivity index (χ0n) is 14.1. The third kappa shape index (κ3) is 4.42. The van der Waals surface area contributed by atoms with Gasteiger partial charge in [-0.2, -0.15) is 0 Å². The number of carbonyl (C=O) groups excluding carboxylic acids is 1. The van der Waals surface area contributed by atoms with Crippen LogP contribution in [-0.4, -0.2) is 84.1 Å². The van der Waals surface area contributed by atoms with Crippen LogP contribution in [0.2, 0.25) is 0 Å². The first-order valence-electron chi connectivity index (χ1n) is 8.10. The highest BCUT2D eigenvalue weighted by molar-refractivity contribution is 5.73. The average Bonchev–Trinajstić information content (AvgIpc) is 2.54. The highest BCUT2D eigenvalue weighted by Gasteiger charge is 2.48. The molecule has 0 radical (unpaired) electrons. The smallest absolute Gasteiger partial charge is 0.217 e. The zero-order chi connectivity index (χ0) is 17.9. The van der Waals surface area contributed by atoms with Crippen molar-refractivity contribution in [2.24, 2.45) is 0 Å². The first-order chi connectivity index (χ1) is 11.4. The molecule has 24 heavy (non-hydrogen) atoms. The lowest BCUT2D eigenvalue weighted by Crippen LogP contribution is -2.66. The van der Waals surface area contributed by atoms with Crippen molar-refractivity contribution >= 4 is 5.91 Å². The Morgan fingerprint density at radius 1 is 1.25 bits per heavy atom. The number of hydrogen-bond acceptors (Lipinski definition) is 8. The van der Waals surface area contributed by atoms with E-state index < -0.39 is 49.6 Å². The van der Waals surface area contributed by atoms with Gasteiger partial charge in [0.25, 0.3) is 0 Å². The van der Waals surface area contributed by atoms with Crippen molar-refractivity contribution in [3.8, 4) is 0 Å². The van der Waals surface area contributed by atoms with Crippen molar-refractivity contribution in [2.45, 2.75) is 75.8 Å². The molecule has 1 amide bonds. The monoisotopic (exact) mass is 349 g/mol. The van der Waals surface area contributed by atoms with Gasteiger partial charge in [-0.15, -0.1) is 0 Å². The summed E-state index contributed by atoms with van der Waals surface area (Å²) in [7, 11) is 1.39. The SMILES string of the molecule is CO[C@@H]1O[C@H](CO)[C@H](O)[C@H](O[C@@H]2O[C@H](C)CC[C@@H]2O)[C@H]1NC(C)=O. The first-order valence-corrected chi connectivity index (χ1v) is 8.10. The van der Waals surface area contributed by atoms with Crippen LogP contribution in [0.4, 0.5) is 0 Å². The molecular weight excluding hydrogens is 322 g/mol. The van der Waals surface area contributed by atoms with Gasteiger partial charge in [0.1, 0.15) is 30.5 Å². The summed E-state index contributed by atoms with van der Waals surface area (Å²) in [5.74, 6) is -0.354. The Morgan fingerprint density at radius 3 is 2.54 bits per heavy atom. The molecule has 0 aromatic carbocycles. The van der Waals surface area contributed by atoms with Gasteiger partial charge in [0, 0.05) is 14.0 Å². The minimum atomic E-state index is -1.23. The van der Waals surface area contributed by atoms with Crippen LogP contribution in [0.15, 0.2) is 0 Å². The molecule has 2 fully saturated rings. The van der Waals surface area contributed by atoms with Crippen LogP contribution in [0.25, 0.3) is 0 Å². The number of carbonyl (C=O) groups is 1. The van der Waals surface area contributed by atoms with Gasteiger partial charge in [0.15, 0.2) is 12.6 Å². The largest absolute Gasteiger partial charge is 0.394 e. The molecule has 9 heteroatoms. The molecule has 0 saturated carbocycles. The zero-order valence-corrected chi connectivity index (χ0v) is 14.1. The van der Waals surface area contributed by atoms with Gasteiger partial charge in [0.2, 0.25) is 5.91 Å². The minimum absolute atomic E-state index is 0.0959. The van der Waals surface area contributed by atoms with Crippen molar-refractivity contribution < 1.29 is 39.1 Å². The number of aliphatic hydroxyl groups is 3. The Balaban J connectivity index is 2.19. The van der Waals surface area contributed by atoms with E-state index in [4.69, 9.17) is 18.9 Å². The number of rotatable bonds is 5. The highest BCUT2D eigenvalue weighted by Crippen LogP contribution is 2.28. The first kappa shape index (κ1) is 19.5. The lowest BCUT2D eigenvalue weighted by Gasteiger charge is -2.45. The number of amides is 1. The summed E-state index contributed by atoms with van der Waals surface area (Å²) in [5, 5.41) is 32.6. The van der Waals surface area contributed by atoms with Gasteiger partial charge < -0.3 is 39.6 Å². The molecule has 2 saturated heterocycles. The maximum atomic E-state index is 11.5. The lowest BCUT2D eigenvalue weighted by atomic mass is 9.96. The van der Waals surface area contributed by atoms with Crippen LogP contribution in [0.5, 0.6) is 0 Å². The van der Waals surface area contributed by atoms with Gasteiger partial charge in [-0.3, -0.25) is 4.79 Å². The molecule has 0 bridgehead atoms. The predicted molar refractivity (Wildman–Crippen MR) is 80.8 cm³/mol. The van der Waals surface area contributed by atoms with Crippen LogP contribution in [-0.2, 0) is 23.7 Å². The van der Waals surface area contributed by atoms with E-state index in [1.54, 1.807) is 0 Å². The molecule has 2 heterocycles. The minimum Gasteiger partial charge on any atom is -0.394 e. The number of ether oxygens (including phenoxy) is 4. The molecule has 2 aliphatic rings. The van der Waals surface area contributed by atoms with E-state index in [1.807, 2.05) is 6.92 Å².